The molecule has 4 nitrogen and oxygen atoms in total. The van der Waals surface area contributed by atoms with Crippen LogP contribution in [0.5, 0.6) is 0 Å². The Morgan fingerprint density at radius 3 is 2.55 bits per heavy atom. The van der Waals surface area contributed by atoms with E-state index in [9.17, 15) is 9.59 Å². The fourth-order valence-corrected chi connectivity index (χ4v) is 0.646. The van der Waals surface area contributed by atoms with Crippen LogP contribution >= 0.6 is 0 Å². The summed E-state index contributed by atoms with van der Waals surface area (Å²) in [6.45, 7) is 3.33. The van der Waals surface area contributed by atoms with Gasteiger partial charge in [0.1, 0.15) is 12.3 Å². The van der Waals surface area contributed by atoms with Gasteiger partial charge in [0.15, 0.2) is 0 Å². The van der Waals surface area contributed by atoms with Gasteiger partial charge in [-0.25, -0.2) is 0 Å². The van der Waals surface area contributed by atoms with Gasteiger partial charge in [0.05, 0.1) is 6.04 Å². The van der Waals surface area contributed by atoms with Gasteiger partial charge in [-0.3, -0.25) is 10.1 Å². The second-order valence-electron chi connectivity index (χ2n) is 2.38. The van der Waals surface area contributed by atoms with Gasteiger partial charge in [0, 0.05) is 0 Å². The van der Waals surface area contributed by atoms with E-state index in [-0.39, 0.29) is 6.04 Å². The summed E-state index contributed by atoms with van der Waals surface area (Å²) in [7, 11) is 0. The molecule has 0 radical (unpaired) electrons. The minimum absolute atomic E-state index is 0.346. The molecule has 0 heterocycles. The lowest BCUT2D eigenvalue weighted by Crippen LogP contribution is -2.41. The molecule has 0 saturated carbocycles. The fourth-order valence-electron chi connectivity index (χ4n) is 0.646. The summed E-state index contributed by atoms with van der Waals surface area (Å²) in [6.07, 6.45) is 1.33. The number of carbonyl (C=O) groups is 2. The lowest BCUT2D eigenvalue weighted by atomic mass is 10.2. The van der Waals surface area contributed by atoms with Gasteiger partial charge >= 0.3 is 5.97 Å². The van der Waals surface area contributed by atoms with Crippen LogP contribution < -0.4 is 5.32 Å². The highest BCUT2D eigenvalue weighted by Gasteiger charge is 2.14. The molecule has 0 aliphatic carbocycles. The van der Waals surface area contributed by atoms with Gasteiger partial charge in [0.25, 0.3) is 0 Å². The molecule has 0 aliphatic heterocycles. The molecule has 0 bridgehead atoms. The van der Waals surface area contributed by atoms with Crippen LogP contribution in [-0.2, 0) is 9.59 Å². The molecule has 11 heavy (non-hydrogen) atoms. The highest BCUT2D eigenvalue weighted by Crippen LogP contribution is 1.89. The molecule has 0 aliphatic rings. The molecule has 4 heteroatoms. The number of hydrogen-bond acceptors (Lipinski definition) is 3. The van der Waals surface area contributed by atoms with Gasteiger partial charge in [-0.1, -0.05) is 6.92 Å². The average molecular weight is 159 g/mol. The molecular formula is C7H13NO3. The van der Waals surface area contributed by atoms with Crippen molar-refractivity contribution in [2.45, 2.75) is 32.4 Å². The molecular weight excluding hydrogens is 146 g/mol. The number of aliphatic carboxylic acids is 1. The van der Waals surface area contributed by atoms with E-state index in [1.54, 1.807) is 0 Å². The summed E-state index contributed by atoms with van der Waals surface area (Å²) < 4.78 is 0. The molecule has 0 unspecified atom stereocenters. The van der Waals surface area contributed by atoms with Gasteiger partial charge in [-0.15, -0.1) is 0 Å². The first-order chi connectivity index (χ1) is 5.11. The molecule has 0 saturated heterocycles. The zero-order chi connectivity index (χ0) is 8.85. The number of carboxylic acids is 1. The second kappa shape index (κ2) is 4.85. The molecule has 0 aromatic heterocycles. The largest absolute Gasteiger partial charge is 0.480 e. The van der Waals surface area contributed by atoms with E-state index in [1.807, 2.05) is 6.92 Å². The van der Waals surface area contributed by atoms with Crippen LogP contribution in [0, 0.1) is 0 Å². The molecule has 0 aromatic carbocycles. The SMILES string of the molecule is CC[C@@H](C=O)N[C@@H](C)C(=O)O. The monoisotopic (exact) mass is 159 g/mol. The Morgan fingerprint density at radius 1 is 1.73 bits per heavy atom. The molecule has 0 fully saturated rings. The van der Waals surface area contributed by atoms with E-state index in [1.165, 1.54) is 6.92 Å². The van der Waals surface area contributed by atoms with Crippen molar-refractivity contribution < 1.29 is 14.7 Å². The summed E-state index contributed by atoms with van der Waals surface area (Å²) in [6, 6.07) is -1.01. The topological polar surface area (TPSA) is 66.4 Å². The van der Waals surface area contributed by atoms with E-state index < -0.39 is 12.0 Å². The molecule has 0 aromatic rings. The Hall–Kier alpha value is -0.900. The van der Waals surface area contributed by atoms with E-state index in [0.29, 0.717) is 6.42 Å². The van der Waals surface area contributed by atoms with Gasteiger partial charge < -0.3 is 9.90 Å². The Kier molecular flexibility index (Phi) is 4.45. The highest BCUT2D eigenvalue weighted by atomic mass is 16.4. The maximum Gasteiger partial charge on any atom is 0.320 e. The quantitative estimate of drug-likeness (QED) is 0.555. The fraction of sp³-hybridized carbons (Fsp3) is 0.714. The van der Waals surface area contributed by atoms with Crippen molar-refractivity contribution in [2.75, 3.05) is 0 Å². The summed E-state index contributed by atoms with van der Waals surface area (Å²) >= 11 is 0. The molecule has 64 valence electrons. The van der Waals surface area contributed by atoms with Crippen LogP contribution in [0.3, 0.4) is 0 Å². The average Bonchev–Trinajstić information content (AvgIpc) is 1.99. The van der Waals surface area contributed by atoms with Gasteiger partial charge in [0.2, 0.25) is 0 Å². The van der Waals surface area contributed by atoms with Crippen LogP contribution in [0.2, 0.25) is 0 Å². The summed E-state index contributed by atoms with van der Waals surface area (Å²) in [5.41, 5.74) is 0. The van der Waals surface area contributed by atoms with Crippen molar-refractivity contribution in [3.8, 4) is 0 Å². The normalized spacial score (nSPS) is 15.5. The minimum Gasteiger partial charge on any atom is -0.480 e. The first-order valence-corrected chi connectivity index (χ1v) is 3.56. The standard InChI is InChI=1S/C7H13NO3/c1-3-6(4-9)8-5(2)7(10)11/h4-6,8H,3H2,1-2H3,(H,10,11)/t5-,6-/m0/s1. The van der Waals surface area contributed by atoms with Crippen LogP contribution in [0.15, 0.2) is 0 Å². The first kappa shape index (κ1) is 10.1. The van der Waals surface area contributed by atoms with E-state index in [2.05, 4.69) is 5.32 Å². The van der Waals surface area contributed by atoms with Crippen LogP contribution in [-0.4, -0.2) is 29.4 Å². The Balaban J connectivity index is 3.80. The third-order valence-electron chi connectivity index (χ3n) is 1.44. The smallest absolute Gasteiger partial charge is 0.320 e. The maximum absolute atomic E-state index is 10.3. The molecule has 2 N–H and O–H groups in total. The van der Waals surface area contributed by atoms with Crippen molar-refractivity contribution in [1.82, 2.24) is 5.32 Å². The lowest BCUT2D eigenvalue weighted by Gasteiger charge is -2.13. The van der Waals surface area contributed by atoms with E-state index in [4.69, 9.17) is 5.11 Å². The summed E-state index contributed by atoms with van der Waals surface area (Å²) in [4.78, 5) is 20.5. The Labute approximate surface area is 65.6 Å². The molecule has 0 rings (SSSR count). The maximum atomic E-state index is 10.3. The first-order valence-electron chi connectivity index (χ1n) is 3.56. The predicted octanol–water partition coefficient (Wildman–Crippen LogP) is 0.0266. The second-order valence-corrected chi connectivity index (χ2v) is 2.38. The summed E-state index contributed by atoms with van der Waals surface area (Å²) in [5.74, 6) is -0.940. The van der Waals surface area contributed by atoms with Crippen LogP contribution in [0.1, 0.15) is 20.3 Å². The third-order valence-corrected chi connectivity index (χ3v) is 1.44. The molecule has 0 spiro atoms. The van der Waals surface area contributed by atoms with Crippen LogP contribution in [0.4, 0.5) is 0 Å². The number of aldehydes is 1. The predicted molar refractivity (Wildman–Crippen MR) is 40.4 cm³/mol. The molecule has 2 atom stereocenters. The Morgan fingerprint density at radius 2 is 2.27 bits per heavy atom. The lowest BCUT2D eigenvalue weighted by molar-refractivity contribution is -0.139. The highest BCUT2D eigenvalue weighted by molar-refractivity contribution is 5.73. The van der Waals surface area contributed by atoms with Crippen molar-refractivity contribution in [2.24, 2.45) is 0 Å². The van der Waals surface area contributed by atoms with Crippen molar-refractivity contribution in [3.05, 3.63) is 0 Å². The van der Waals surface area contributed by atoms with Gasteiger partial charge in [-0.2, -0.15) is 0 Å². The minimum atomic E-state index is -0.940. The zero-order valence-electron chi connectivity index (χ0n) is 6.70. The van der Waals surface area contributed by atoms with Crippen LogP contribution in [0.25, 0.3) is 0 Å². The molecule has 0 amide bonds. The number of carbonyl (C=O) groups excluding carboxylic acids is 1. The Bertz CT molecular complexity index is 147. The van der Waals surface area contributed by atoms with Crippen molar-refractivity contribution in [1.29, 1.82) is 0 Å². The summed E-state index contributed by atoms with van der Waals surface area (Å²) in [5, 5.41) is 11.1. The number of hydrogen-bond donors (Lipinski definition) is 2. The number of carboxylic acid groups (broad SMARTS) is 1. The number of nitrogens with one attached hydrogen (secondary N) is 1. The van der Waals surface area contributed by atoms with E-state index >= 15 is 0 Å². The number of rotatable bonds is 5. The van der Waals surface area contributed by atoms with Gasteiger partial charge in [-0.05, 0) is 13.3 Å². The zero-order valence-corrected chi connectivity index (χ0v) is 6.70. The van der Waals surface area contributed by atoms with E-state index in [0.717, 1.165) is 6.29 Å². The van der Waals surface area contributed by atoms with Crippen molar-refractivity contribution in [3.63, 3.8) is 0 Å². The third kappa shape index (κ3) is 3.72. The van der Waals surface area contributed by atoms with Crippen molar-refractivity contribution >= 4 is 12.3 Å².